The van der Waals surface area contributed by atoms with E-state index >= 15 is 0 Å². The molecular weight excluding hydrogens is 266 g/mol. The molecule has 0 radical (unpaired) electrons. The second-order valence-electron chi connectivity index (χ2n) is 6.18. The zero-order valence-electron chi connectivity index (χ0n) is 12.9. The third-order valence-corrected chi connectivity index (χ3v) is 5.16. The van der Waals surface area contributed by atoms with E-state index in [0.717, 1.165) is 29.9 Å². The van der Waals surface area contributed by atoms with Gasteiger partial charge in [0.2, 0.25) is 0 Å². The third-order valence-electron chi connectivity index (χ3n) is 4.82. The van der Waals surface area contributed by atoms with Gasteiger partial charge in [-0.3, -0.25) is 0 Å². The molecule has 1 fully saturated rings. The molecule has 3 atom stereocenters. The Labute approximate surface area is 129 Å². The lowest BCUT2D eigenvalue weighted by molar-refractivity contribution is 0.226. The molecule has 1 saturated carbocycles. The molecule has 1 aromatic rings. The highest BCUT2D eigenvalue weighted by molar-refractivity contribution is 6.31. The van der Waals surface area contributed by atoms with Gasteiger partial charge in [0, 0.05) is 5.02 Å². The third kappa shape index (κ3) is 3.99. The number of nitrogens with one attached hydrogen (secondary N) is 1. The normalized spacial score (nSPS) is 26.6. The van der Waals surface area contributed by atoms with Crippen molar-refractivity contribution in [3.8, 4) is 0 Å². The molecule has 20 heavy (non-hydrogen) atoms. The summed E-state index contributed by atoms with van der Waals surface area (Å²) in [6, 6.07) is 8.45. The molecule has 3 unspecified atom stereocenters. The molecular formula is C18H28ClN. The van der Waals surface area contributed by atoms with Crippen molar-refractivity contribution >= 4 is 11.6 Å². The van der Waals surface area contributed by atoms with Gasteiger partial charge in [-0.25, -0.2) is 0 Å². The Balaban J connectivity index is 2.11. The topological polar surface area (TPSA) is 12.0 Å². The number of benzene rings is 1. The SMILES string of the molecule is CCCNCC1CCC(CC)CC1c1ccccc1Cl. The van der Waals surface area contributed by atoms with Crippen molar-refractivity contribution in [2.24, 2.45) is 11.8 Å². The Morgan fingerprint density at radius 2 is 2.00 bits per heavy atom. The Kier molecular flexibility index (Phi) is 6.38. The van der Waals surface area contributed by atoms with Crippen molar-refractivity contribution in [1.29, 1.82) is 0 Å². The first-order valence-electron chi connectivity index (χ1n) is 8.21. The molecule has 0 saturated heterocycles. The van der Waals surface area contributed by atoms with E-state index in [4.69, 9.17) is 11.6 Å². The van der Waals surface area contributed by atoms with Crippen LogP contribution in [0.2, 0.25) is 5.02 Å². The molecule has 0 spiro atoms. The highest BCUT2D eigenvalue weighted by atomic mass is 35.5. The van der Waals surface area contributed by atoms with Gasteiger partial charge < -0.3 is 5.32 Å². The summed E-state index contributed by atoms with van der Waals surface area (Å²) >= 11 is 6.45. The van der Waals surface area contributed by atoms with Gasteiger partial charge in [-0.2, -0.15) is 0 Å². The Bertz CT molecular complexity index is 402. The first kappa shape index (κ1) is 15.9. The highest BCUT2D eigenvalue weighted by Gasteiger charge is 2.31. The maximum absolute atomic E-state index is 6.45. The summed E-state index contributed by atoms with van der Waals surface area (Å²) < 4.78 is 0. The summed E-state index contributed by atoms with van der Waals surface area (Å²) in [6.07, 6.45) is 6.54. The molecule has 1 nitrogen and oxygen atoms in total. The van der Waals surface area contributed by atoms with Crippen LogP contribution < -0.4 is 5.32 Å². The minimum Gasteiger partial charge on any atom is -0.316 e. The average Bonchev–Trinajstić information content (AvgIpc) is 2.48. The van der Waals surface area contributed by atoms with E-state index in [-0.39, 0.29) is 0 Å². The van der Waals surface area contributed by atoms with Crippen LogP contribution in [0.4, 0.5) is 0 Å². The summed E-state index contributed by atoms with van der Waals surface area (Å²) in [5.74, 6) is 2.25. The first-order valence-corrected chi connectivity index (χ1v) is 8.59. The maximum atomic E-state index is 6.45. The maximum Gasteiger partial charge on any atom is 0.0440 e. The zero-order chi connectivity index (χ0) is 14.4. The van der Waals surface area contributed by atoms with Crippen molar-refractivity contribution in [3.05, 3.63) is 34.9 Å². The molecule has 0 aromatic heterocycles. The summed E-state index contributed by atoms with van der Waals surface area (Å²) in [5, 5.41) is 4.57. The number of halogens is 1. The predicted molar refractivity (Wildman–Crippen MR) is 88.5 cm³/mol. The molecule has 0 bridgehead atoms. The summed E-state index contributed by atoms with van der Waals surface area (Å²) in [6.45, 7) is 6.82. The van der Waals surface area contributed by atoms with E-state index in [9.17, 15) is 0 Å². The largest absolute Gasteiger partial charge is 0.316 e. The Morgan fingerprint density at radius 1 is 1.20 bits per heavy atom. The van der Waals surface area contributed by atoms with Crippen molar-refractivity contribution in [2.45, 2.75) is 51.9 Å². The number of hydrogen-bond acceptors (Lipinski definition) is 1. The minimum atomic E-state index is 0.631. The molecule has 1 aliphatic rings. The van der Waals surface area contributed by atoms with Crippen molar-refractivity contribution in [2.75, 3.05) is 13.1 Å². The molecule has 0 amide bonds. The molecule has 1 N–H and O–H groups in total. The van der Waals surface area contributed by atoms with Crippen LogP contribution in [0.15, 0.2) is 24.3 Å². The molecule has 1 aliphatic carbocycles. The van der Waals surface area contributed by atoms with Gasteiger partial charge in [-0.15, -0.1) is 0 Å². The lowest BCUT2D eigenvalue weighted by atomic mass is 9.70. The summed E-state index contributed by atoms with van der Waals surface area (Å²) in [5.41, 5.74) is 1.37. The van der Waals surface area contributed by atoms with Crippen LogP contribution in [0.3, 0.4) is 0 Å². The minimum absolute atomic E-state index is 0.631. The standard InChI is InChI=1S/C18H28ClN/c1-3-11-20-13-15-10-9-14(4-2)12-17(15)16-7-5-6-8-18(16)19/h5-8,14-15,17,20H,3-4,9-13H2,1-2H3. The lowest BCUT2D eigenvalue weighted by Gasteiger charge is -2.37. The van der Waals surface area contributed by atoms with E-state index < -0.39 is 0 Å². The van der Waals surface area contributed by atoms with Gasteiger partial charge in [0.1, 0.15) is 0 Å². The smallest absolute Gasteiger partial charge is 0.0440 e. The molecule has 2 heteroatoms. The van der Waals surface area contributed by atoms with Gasteiger partial charge in [-0.1, -0.05) is 56.5 Å². The van der Waals surface area contributed by atoms with Gasteiger partial charge in [-0.05, 0) is 61.7 Å². The summed E-state index contributed by atoms with van der Waals surface area (Å²) in [7, 11) is 0. The fourth-order valence-electron chi connectivity index (χ4n) is 3.56. The second kappa shape index (κ2) is 8.05. The van der Waals surface area contributed by atoms with Gasteiger partial charge >= 0.3 is 0 Å². The van der Waals surface area contributed by atoms with Gasteiger partial charge in [0.05, 0.1) is 0 Å². The molecule has 1 aromatic carbocycles. The van der Waals surface area contributed by atoms with Gasteiger partial charge in [0.15, 0.2) is 0 Å². The quantitative estimate of drug-likeness (QED) is 0.706. The fraction of sp³-hybridized carbons (Fsp3) is 0.667. The van der Waals surface area contributed by atoms with Crippen LogP contribution in [-0.4, -0.2) is 13.1 Å². The van der Waals surface area contributed by atoms with E-state index in [2.05, 4.69) is 31.3 Å². The van der Waals surface area contributed by atoms with Crippen LogP contribution in [0.5, 0.6) is 0 Å². The van der Waals surface area contributed by atoms with Crippen LogP contribution in [0.1, 0.15) is 57.4 Å². The van der Waals surface area contributed by atoms with E-state index in [1.807, 2.05) is 12.1 Å². The predicted octanol–water partition coefficient (Wildman–Crippen LogP) is 5.25. The molecule has 112 valence electrons. The van der Waals surface area contributed by atoms with Crippen molar-refractivity contribution in [1.82, 2.24) is 5.32 Å². The van der Waals surface area contributed by atoms with Crippen LogP contribution in [0, 0.1) is 11.8 Å². The van der Waals surface area contributed by atoms with E-state index in [1.165, 1.54) is 37.7 Å². The molecule has 0 heterocycles. The Hall–Kier alpha value is -0.530. The molecule has 0 aliphatic heterocycles. The van der Waals surface area contributed by atoms with Crippen molar-refractivity contribution < 1.29 is 0 Å². The van der Waals surface area contributed by atoms with Crippen LogP contribution >= 0.6 is 11.6 Å². The van der Waals surface area contributed by atoms with Gasteiger partial charge in [0.25, 0.3) is 0 Å². The molecule has 2 rings (SSSR count). The first-order chi connectivity index (χ1) is 9.76. The lowest BCUT2D eigenvalue weighted by Crippen LogP contribution is -2.32. The zero-order valence-corrected chi connectivity index (χ0v) is 13.6. The van der Waals surface area contributed by atoms with Crippen LogP contribution in [0.25, 0.3) is 0 Å². The second-order valence-corrected chi connectivity index (χ2v) is 6.59. The monoisotopic (exact) mass is 293 g/mol. The highest BCUT2D eigenvalue weighted by Crippen LogP contribution is 2.43. The van der Waals surface area contributed by atoms with E-state index in [1.54, 1.807) is 0 Å². The summed E-state index contributed by atoms with van der Waals surface area (Å²) in [4.78, 5) is 0. The average molecular weight is 294 g/mol. The number of rotatable bonds is 6. The Morgan fingerprint density at radius 3 is 2.70 bits per heavy atom. The van der Waals surface area contributed by atoms with Crippen molar-refractivity contribution in [3.63, 3.8) is 0 Å². The van der Waals surface area contributed by atoms with E-state index in [0.29, 0.717) is 5.92 Å². The number of hydrogen-bond donors (Lipinski definition) is 1. The fourth-order valence-corrected chi connectivity index (χ4v) is 3.83. The van der Waals surface area contributed by atoms with Crippen LogP contribution in [-0.2, 0) is 0 Å².